The summed E-state index contributed by atoms with van der Waals surface area (Å²) in [5, 5.41) is 9.24. The Kier molecular flexibility index (Phi) is 5.33. The molecular formula is C16H21NO4. The highest BCUT2D eigenvalue weighted by Gasteiger charge is 2.34. The first kappa shape index (κ1) is 15.5. The lowest BCUT2D eigenvalue weighted by Crippen LogP contribution is -2.50. The van der Waals surface area contributed by atoms with Gasteiger partial charge in [-0.15, -0.1) is 0 Å². The van der Waals surface area contributed by atoms with Crippen LogP contribution >= 0.6 is 0 Å². The molecule has 21 heavy (non-hydrogen) atoms. The molecule has 1 heterocycles. The molecule has 1 saturated heterocycles. The first-order chi connectivity index (χ1) is 10.1. The minimum Gasteiger partial charge on any atom is -0.480 e. The molecule has 2 rings (SSSR count). The molecule has 0 aliphatic carbocycles. The number of hydrogen-bond acceptors (Lipinski definition) is 3. The Labute approximate surface area is 124 Å². The quantitative estimate of drug-likeness (QED) is 0.900. The van der Waals surface area contributed by atoms with E-state index in [1.165, 1.54) is 4.90 Å². The van der Waals surface area contributed by atoms with Crippen molar-refractivity contribution >= 4 is 11.9 Å². The smallest absolute Gasteiger partial charge is 0.326 e. The minimum atomic E-state index is -0.932. The van der Waals surface area contributed by atoms with Gasteiger partial charge in [0, 0.05) is 6.54 Å². The molecule has 0 aromatic heterocycles. The van der Waals surface area contributed by atoms with Crippen molar-refractivity contribution in [1.82, 2.24) is 4.90 Å². The number of carboxylic acid groups (broad SMARTS) is 1. The highest BCUT2D eigenvalue weighted by atomic mass is 16.5. The highest BCUT2D eigenvalue weighted by Crippen LogP contribution is 2.22. The Morgan fingerprint density at radius 3 is 2.71 bits per heavy atom. The van der Waals surface area contributed by atoms with E-state index in [4.69, 9.17) is 4.74 Å². The number of carbonyl (C=O) groups is 2. The Morgan fingerprint density at radius 2 is 2.05 bits per heavy atom. The number of nitrogens with zero attached hydrogens (tertiary/aromatic N) is 1. The molecular weight excluding hydrogens is 270 g/mol. The highest BCUT2D eigenvalue weighted by molar-refractivity contribution is 5.84. The van der Waals surface area contributed by atoms with Crippen molar-refractivity contribution in [3.63, 3.8) is 0 Å². The van der Waals surface area contributed by atoms with Crippen molar-refractivity contribution in [3.8, 4) is 0 Å². The molecule has 5 heteroatoms. The number of piperidine rings is 1. The molecule has 0 bridgehead atoms. The second-order valence-corrected chi connectivity index (χ2v) is 5.55. The number of amides is 1. The molecule has 0 radical (unpaired) electrons. The van der Waals surface area contributed by atoms with E-state index < -0.39 is 12.0 Å². The monoisotopic (exact) mass is 291 g/mol. The molecule has 114 valence electrons. The standard InChI is InChI=1S/C16H21NO4/c1-12-7-8-17(14(9-12)16(19)20)15(18)11-21-10-13-5-3-2-4-6-13/h2-6,12,14H,7-11H2,1H3,(H,19,20). The second kappa shape index (κ2) is 7.22. The van der Waals surface area contributed by atoms with Crippen LogP contribution in [0.3, 0.4) is 0 Å². The van der Waals surface area contributed by atoms with Gasteiger partial charge in [0.15, 0.2) is 0 Å². The molecule has 2 unspecified atom stereocenters. The van der Waals surface area contributed by atoms with Gasteiger partial charge < -0.3 is 14.7 Å². The van der Waals surface area contributed by atoms with Gasteiger partial charge in [-0.25, -0.2) is 4.79 Å². The number of benzene rings is 1. The Balaban J connectivity index is 1.85. The first-order valence-corrected chi connectivity index (χ1v) is 7.22. The van der Waals surface area contributed by atoms with Gasteiger partial charge in [0.2, 0.25) is 5.91 Å². The summed E-state index contributed by atoms with van der Waals surface area (Å²) in [6.07, 6.45) is 1.36. The van der Waals surface area contributed by atoms with E-state index in [-0.39, 0.29) is 12.5 Å². The van der Waals surface area contributed by atoms with Crippen LogP contribution in [0.4, 0.5) is 0 Å². The predicted octanol–water partition coefficient (Wildman–Crippen LogP) is 1.91. The summed E-state index contributed by atoms with van der Waals surface area (Å²) in [7, 11) is 0. The molecule has 1 amide bonds. The normalized spacial score (nSPS) is 22.0. The summed E-state index contributed by atoms with van der Waals surface area (Å²) in [4.78, 5) is 24.9. The lowest BCUT2D eigenvalue weighted by atomic mass is 9.92. The van der Waals surface area contributed by atoms with E-state index >= 15 is 0 Å². The molecule has 0 saturated carbocycles. The lowest BCUT2D eigenvalue weighted by molar-refractivity contribution is -0.155. The van der Waals surface area contributed by atoms with Gasteiger partial charge in [-0.2, -0.15) is 0 Å². The molecule has 0 spiro atoms. The summed E-state index contributed by atoms with van der Waals surface area (Å²) >= 11 is 0. The second-order valence-electron chi connectivity index (χ2n) is 5.55. The van der Waals surface area contributed by atoms with Gasteiger partial charge in [0.1, 0.15) is 12.6 Å². The number of rotatable bonds is 5. The van der Waals surface area contributed by atoms with Crippen molar-refractivity contribution < 1.29 is 19.4 Å². The lowest BCUT2D eigenvalue weighted by Gasteiger charge is -2.35. The molecule has 1 aromatic carbocycles. The maximum absolute atomic E-state index is 12.1. The Hall–Kier alpha value is -1.88. The molecule has 1 fully saturated rings. The van der Waals surface area contributed by atoms with E-state index in [9.17, 15) is 14.7 Å². The van der Waals surface area contributed by atoms with E-state index in [0.717, 1.165) is 12.0 Å². The third kappa shape index (κ3) is 4.29. The number of aliphatic carboxylic acids is 1. The summed E-state index contributed by atoms with van der Waals surface area (Å²) in [6, 6.07) is 8.86. The van der Waals surface area contributed by atoms with Gasteiger partial charge in [0.05, 0.1) is 6.61 Å². The number of ether oxygens (including phenoxy) is 1. The largest absolute Gasteiger partial charge is 0.480 e. The number of carboxylic acids is 1. The van der Waals surface area contributed by atoms with E-state index in [1.807, 2.05) is 37.3 Å². The zero-order valence-corrected chi connectivity index (χ0v) is 12.2. The summed E-state index contributed by atoms with van der Waals surface area (Å²) in [5.74, 6) is -0.844. The van der Waals surface area contributed by atoms with Gasteiger partial charge in [-0.1, -0.05) is 37.3 Å². The van der Waals surface area contributed by atoms with Crippen LogP contribution in [0.2, 0.25) is 0 Å². The van der Waals surface area contributed by atoms with Gasteiger partial charge in [0.25, 0.3) is 0 Å². The third-order valence-electron chi connectivity index (χ3n) is 3.81. The predicted molar refractivity (Wildman–Crippen MR) is 77.6 cm³/mol. The maximum atomic E-state index is 12.1. The van der Waals surface area contributed by atoms with Crippen LogP contribution in [-0.4, -0.2) is 41.1 Å². The number of hydrogen-bond donors (Lipinski definition) is 1. The van der Waals surface area contributed by atoms with Crippen molar-refractivity contribution in [2.75, 3.05) is 13.2 Å². The van der Waals surface area contributed by atoms with Gasteiger partial charge >= 0.3 is 5.97 Å². The fraction of sp³-hybridized carbons (Fsp3) is 0.500. The number of carbonyl (C=O) groups excluding carboxylic acids is 1. The van der Waals surface area contributed by atoms with Gasteiger partial charge in [-0.05, 0) is 24.3 Å². The van der Waals surface area contributed by atoms with Crippen LogP contribution in [0.1, 0.15) is 25.3 Å². The average Bonchev–Trinajstić information content (AvgIpc) is 2.48. The molecule has 1 aliphatic rings. The van der Waals surface area contributed by atoms with Crippen LogP contribution in [0.5, 0.6) is 0 Å². The van der Waals surface area contributed by atoms with Crippen LogP contribution in [-0.2, 0) is 20.9 Å². The zero-order valence-electron chi connectivity index (χ0n) is 12.2. The summed E-state index contributed by atoms with van der Waals surface area (Å²) in [5.41, 5.74) is 0.993. The molecule has 1 N–H and O–H groups in total. The topological polar surface area (TPSA) is 66.8 Å². The zero-order chi connectivity index (χ0) is 15.2. The van der Waals surface area contributed by atoms with E-state index in [0.29, 0.717) is 25.5 Å². The van der Waals surface area contributed by atoms with Crippen LogP contribution in [0.15, 0.2) is 30.3 Å². The first-order valence-electron chi connectivity index (χ1n) is 7.22. The van der Waals surface area contributed by atoms with Gasteiger partial charge in [-0.3, -0.25) is 4.79 Å². The fourth-order valence-electron chi connectivity index (χ4n) is 2.59. The molecule has 1 aliphatic heterocycles. The van der Waals surface area contributed by atoms with E-state index in [2.05, 4.69) is 0 Å². The van der Waals surface area contributed by atoms with Crippen molar-refractivity contribution in [1.29, 1.82) is 0 Å². The van der Waals surface area contributed by atoms with Crippen LogP contribution < -0.4 is 0 Å². The molecule has 2 atom stereocenters. The minimum absolute atomic E-state index is 0.0763. The summed E-state index contributed by atoms with van der Waals surface area (Å²) in [6.45, 7) is 2.79. The van der Waals surface area contributed by atoms with E-state index in [1.54, 1.807) is 0 Å². The molecule has 5 nitrogen and oxygen atoms in total. The Morgan fingerprint density at radius 1 is 1.33 bits per heavy atom. The SMILES string of the molecule is CC1CCN(C(=O)COCc2ccccc2)C(C(=O)O)C1. The van der Waals surface area contributed by atoms with Crippen LogP contribution in [0.25, 0.3) is 0 Å². The van der Waals surface area contributed by atoms with Crippen LogP contribution in [0, 0.1) is 5.92 Å². The Bertz CT molecular complexity index is 488. The van der Waals surface area contributed by atoms with Crippen molar-refractivity contribution in [2.45, 2.75) is 32.4 Å². The number of likely N-dealkylation sites (tertiary alicyclic amines) is 1. The summed E-state index contributed by atoms with van der Waals surface area (Å²) < 4.78 is 5.41. The van der Waals surface area contributed by atoms with Crippen molar-refractivity contribution in [2.24, 2.45) is 5.92 Å². The fourth-order valence-corrected chi connectivity index (χ4v) is 2.59. The maximum Gasteiger partial charge on any atom is 0.326 e. The van der Waals surface area contributed by atoms with Crippen molar-refractivity contribution in [3.05, 3.63) is 35.9 Å². The third-order valence-corrected chi connectivity index (χ3v) is 3.81. The molecule has 1 aromatic rings. The average molecular weight is 291 g/mol.